The summed E-state index contributed by atoms with van der Waals surface area (Å²) in [6, 6.07) is 2.20. The van der Waals surface area contributed by atoms with Crippen molar-refractivity contribution in [2.24, 2.45) is 5.92 Å². The first-order valence-electron chi connectivity index (χ1n) is 5.32. The Kier molecular flexibility index (Phi) is 4.46. The summed E-state index contributed by atoms with van der Waals surface area (Å²) in [6.45, 7) is 7.39. The average Bonchev–Trinajstić information content (AvgIpc) is 2.60. The van der Waals surface area contributed by atoms with Gasteiger partial charge in [-0.05, 0) is 24.8 Å². The normalized spacial score (nSPS) is 13.1. The molecule has 1 unspecified atom stereocenters. The molecular formula is C11H19ClN2. The van der Waals surface area contributed by atoms with Gasteiger partial charge in [-0.25, -0.2) is 0 Å². The number of halogens is 1. The predicted molar refractivity (Wildman–Crippen MR) is 60.9 cm³/mol. The van der Waals surface area contributed by atoms with Gasteiger partial charge in [-0.1, -0.05) is 20.8 Å². The molecule has 14 heavy (non-hydrogen) atoms. The van der Waals surface area contributed by atoms with Crippen molar-refractivity contribution in [2.75, 3.05) is 5.88 Å². The van der Waals surface area contributed by atoms with Gasteiger partial charge in [0.25, 0.3) is 0 Å². The summed E-state index contributed by atoms with van der Waals surface area (Å²) in [4.78, 5) is 0. The van der Waals surface area contributed by atoms with Gasteiger partial charge in [-0.15, -0.1) is 11.6 Å². The molecule has 0 aliphatic rings. The van der Waals surface area contributed by atoms with E-state index in [0.29, 0.717) is 11.8 Å². The summed E-state index contributed by atoms with van der Waals surface area (Å²) in [7, 11) is 0. The van der Waals surface area contributed by atoms with Gasteiger partial charge in [0.2, 0.25) is 0 Å². The second kappa shape index (κ2) is 5.40. The molecule has 3 heteroatoms. The van der Waals surface area contributed by atoms with Crippen LogP contribution in [0.5, 0.6) is 0 Å². The monoisotopic (exact) mass is 214 g/mol. The van der Waals surface area contributed by atoms with Crippen LogP contribution in [0, 0.1) is 5.92 Å². The Hall–Kier alpha value is -0.500. The van der Waals surface area contributed by atoms with E-state index < -0.39 is 0 Å². The van der Waals surface area contributed by atoms with Crippen LogP contribution < -0.4 is 0 Å². The Balaban J connectivity index is 2.78. The minimum atomic E-state index is 0.492. The first-order chi connectivity index (χ1) is 6.71. The van der Waals surface area contributed by atoms with Crippen LogP contribution >= 0.6 is 11.6 Å². The largest absolute Gasteiger partial charge is 0.269 e. The lowest BCUT2D eigenvalue weighted by Gasteiger charge is -2.09. The van der Waals surface area contributed by atoms with E-state index >= 15 is 0 Å². The Morgan fingerprint density at radius 1 is 1.43 bits per heavy atom. The van der Waals surface area contributed by atoms with Gasteiger partial charge >= 0.3 is 0 Å². The molecule has 1 rings (SSSR count). The van der Waals surface area contributed by atoms with Crippen molar-refractivity contribution in [1.82, 2.24) is 9.78 Å². The van der Waals surface area contributed by atoms with Crippen LogP contribution in [0.15, 0.2) is 6.07 Å². The fourth-order valence-electron chi connectivity index (χ4n) is 1.47. The third kappa shape index (κ3) is 2.74. The first kappa shape index (κ1) is 11.6. The van der Waals surface area contributed by atoms with Gasteiger partial charge in [-0.2, -0.15) is 5.10 Å². The summed E-state index contributed by atoms with van der Waals surface area (Å²) < 4.78 is 2.10. The maximum atomic E-state index is 5.80. The van der Waals surface area contributed by atoms with Crippen LogP contribution in [-0.4, -0.2) is 15.7 Å². The summed E-state index contributed by atoms with van der Waals surface area (Å²) in [5, 5.41) is 4.55. The molecule has 0 spiro atoms. The molecule has 0 aliphatic heterocycles. The molecule has 0 radical (unpaired) electrons. The SMILES string of the molecule is CCc1cc(CC)n(CC(C)CCl)n1. The molecule has 0 aliphatic carbocycles. The highest BCUT2D eigenvalue weighted by molar-refractivity contribution is 6.18. The third-order valence-corrected chi connectivity index (χ3v) is 2.91. The molecule has 0 saturated heterocycles. The average molecular weight is 215 g/mol. The molecule has 0 aromatic carbocycles. The standard InChI is InChI=1S/C11H19ClN2/c1-4-10-6-11(5-2)14(13-10)8-9(3)7-12/h6,9H,4-5,7-8H2,1-3H3. The second-order valence-electron chi connectivity index (χ2n) is 3.78. The van der Waals surface area contributed by atoms with Gasteiger partial charge < -0.3 is 0 Å². The van der Waals surface area contributed by atoms with Crippen LogP contribution in [0.4, 0.5) is 0 Å². The molecule has 2 nitrogen and oxygen atoms in total. The van der Waals surface area contributed by atoms with Crippen LogP contribution in [-0.2, 0) is 19.4 Å². The third-order valence-electron chi connectivity index (χ3n) is 2.39. The topological polar surface area (TPSA) is 17.8 Å². The lowest BCUT2D eigenvalue weighted by molar-refractivity contribution is 0.471. The fourth-order valence-corrected chi connectivity index (χ4v) is 1.57. The number of alkyl halides is 1. The molecule has 0 bridgehead atoms. The summed E-state index contributed by atoms with van der Waals surface area (Å²) in [6.07, 6.45) is 2.05. The Labute approximate surface area is 91.3 Å². The van der Waals surface area contributed by atoms with E-state index in [4.69, 9.17) is 11.6 Å². The molecule has 0 saturated carbocycles. The zero-order valence-corrected chi connectivity index (χ0v) is 10.0. The van der Waals surface area contributed by atoms with E-state index in [9.17, 15) is 0 Å². The molecular weight excluding hydrogens is 196 g/mol. The maximum Gasteiger partial charge on any atom is 0.0624 e. The van der Waals surface area contributed by atoms with Gasteiger partial charge in [0.05, 0.1) is 5.69 Å². The molecule has 0 amide bonds. The minimum Gasteiger partial charge on any atom is -0.269 e. The van der Waals surface area contributed by atoms with Crippen molar-refractivity contribution >= 4 is 11.6 Å². The molecule has 80 valence electrons. The van der Waals surface area contributed by atoms with Crippen molar-refractivity contribution in [3.8, 4) is 0 Å². The van der Waals surface area contributed by atoms with Crippen LogP contribution in [0.2, 0.25) is 0 Å². The van der Waals surface area contributed by atoms with Crippen molar-refractivity contribution < 1.29 is 0 Å². The highest BCUT2D eigenvalue weighted by atomic mass is 35.5. The van der Waals surface area contributed by atoms with Gasteiger partial charge in [0, 0.05) is 18.1 Å². The zero-order valence-electron chi connectivity index (χ0n) is 9.26. The smallest absolute Gasteiger partial charge is 0.0624 e. The lowest BCUT2D eigenvalue weighted by Crippen LogP contribution is -2.12. The van der Waals surface area contributed by atoms with Crippen molar-refractivity contribution in [3.63, 3.8) is 0 Å². The van der Waals surface area contributed by atoms with Crippen LogP contribution in [0.25, 0.3) is 0 Å². The van der Waals surface area contributed by atoms with E-state index in [1.54, 1.807) is 0 Å². The second-order valence-corrected chi connectivity index (χ2v) is 4.08. The maximum absolute atomic E-state index is 5.80. The Bertz CT molecular complexity index is 281. The van der Waals surface area contributed by atoms with E-state index in [1.165, 1.54) is 11.4 Å². The number of hydrogen-bond donors (Lipinski definition) is 0. The highest BCUT2D eigenvalue weighted by Crippen LogP contribution is 2.10. The fraction of sp³-hybridized carbons (Fsp3) is 0.727. The quantitative estimate of drug-likeness (QED) is 0.690. The number of aryl methyl sites for hydroxylation is 2. The summed E-state index contributed by atoms with van der Waals surface area (Å²) in [5.41, 5.74) is 2.50. The van der Waals surface area contributed by atoms with E-state index in [0.717, 1.165) is 19.4 Å². The van der Waals surface area contributed by atoms with Crippen molar-refractivity contribution in [2.45, 2.75) is 40.2 Å². The van der Waals surface area contributed by atoms with Crippen LogP contribution in [0.1, 0.15) is 32.2 Å². The Morgan fingerprint density at radius 3 is 2.64 bits per heavy atom. The molecule has 0 N–H and O–H groups in total. The van der Waals surface area contributed by atoms with Crippen LogP contribution in [0.3, 0.4) is 0 Å². The van der Waals surface area contributed by atoms with E-state index in [-0.39, 0.29) is 0 Å². The van der Waals surface area contributed by atoms with E-state index in [1.807, 2.05) is 0 Å². The summed E-state index contributed by atoms with van der Waals surface area (Å²) >= 11 is 5.80. The molecule has 1 atom stereocenters. The van der Waals surface area contributed by atoms with Gasteiger partial charge in [-0.3, -0.25) is 4.68 Å². The molecule has 1 heterocycles. The number of aromatic nitrogens is 2. The minimum absolute atomic E-state index is 0.492. The number of nitrogens with zero attached hydrogens (tertiary/aromatic N) is 2. The van der Waals surface area contributed by atoms with Crippen molar-refractivity contribution in [1.29, 1.82) is 0 Å². The first-order valence-corrected chi connectivity index (χ1v) is 5.86. The number of hydrogen-bond acceptors (Lipinski definition) is 1. The lowest BCUT2D eigenvalue weighted by atomic mass is 10.2. The van der Waals surface area contributed by atoms with E-state index in [2.05, 4.69) is 36.6 Å². The predicted octanol–water partition coefficient (Wildman–Crippen LogP) is 2.88. The molecule has 1 aromatic heterocycles. The zero-order chi connectivity index (χ0) is 10.6. The van der Waals surface area contributed by atoms with Gasteiger partial charge in [0.15, 0.2) is 0 Å². The van der Waals surface area contributed by atoms with Crippen molar-refractivity contribution in [3.05, 3.63) is 17.5 Å². The van der Waals surface area contributed by atoms with Gasteiger partial charge in [0.1, 0.15) is 0 Å². The summed E-state index contributed by atoms with van der Waals surface area (Å²) in [5.74, 6) is 1.19. The molecule has 0 fully saturated rings. The highest BCUT2D eigenvalue weighted by Gasteiger charge is 2.08. The molecule has 1 aromatic rings. The number of rotatable bonds is 5. The Morgan fingerprint density at radius 2 is 2.14 bits per heavy atom.